The van der Waals surface area contributed by atoms with Crippen LogP contribution >= 0.6 is 0 Å². The number of nitrogens with one attached hydrogen (secondary N) is 1. The van der Waals surface area contributed by atoms with Crippen LogP contribution in [0, 0.1) is 0 Å². The summed E-state index contributed by atoms with van der Waals surface area (Å²) < 4.78 is 0. The molecule has 0 unspecified atom stereocenters. The molecule has 1 aliphatic carbocycles. The van der Waals surface area contributed by atoms with Crippen LogP contribution in [0.25, 0.3) is 0 Å². The van der Waals surface area contributed by atoms with Gasteiger partial charge in [-0.25, -0.2) is 0 Å². The van der Waals surface area contributed by atoms with Gasteiger partial charge in [0.1, 0.15) is 0 Å². The van der Waals surface area contributed by atoms with Crippen LogP contribution in [0.4, 0.5) is 0 Å². The Labute approximate surface area is 91.3 Å². The van der Waals surface area contributed by atoms with E-state index in [0.717, 1.165) is 13.0 Å². The molecule has 0 amide bonds. The predicted molar refractivity (Wildman–Crippen MR) is 61.6 cm³/mol. The minimum absolute atomic E-state index is 0.227. The second-order valence-corrected chi connectivity index (χ2v) is 4.45. The number of benzene rings is 1. The van der Waals surface area contributed by atoms with Crippen LogP contribution in [0.2, 0.25) is 0 Å². The van der Waals surface area contributed by atoms with Gasteiger partial charge in [0.05, 0.1) is 0 Å². The van der Waals surface area contributed by atoms with Gasteiger partial charge in [-0.3, -0.25) is 0 Å². The Hall–Kier alpha value is -0.860. The van der Waals surface area contributed by atoms with Crippen LogP contribution in [0.15, 0.2) is 30.3 Å². The van der Waals surface area contributed by atoms with Crippen molar-refractivity contribution >= 4 is 0 Å². The molecule has 0 heterocycles. The number of rotatable bonds is 5. The van der Waals surface area contributed by atoms with E-state index >= 15 is 0 Å². The van der Waals surface area contributed by atoms with E-state index in [0.29, 0.717) is 6.61 Å². The van der Waals surface area contributed by atoms with E-state index < -0.39 is 0 Å². The lowest BCUT2D eigenvalue weighted by atomic mass is 9.74. The Bertz CT molecular complexity index is 293. The number of aliphatic hydroxyl groups excluding tert-OH is 1. The van der Waals surface area contributed by atoms with Crippen LogP contribution in [-0.4, -0.2) is 17.3 Å². The van der Waals surface area contributed by atoms with Crippen molar-refractivity contribution in [1.82, 2.24) is 5.32 Å². The fourth-order valence-electron chi connectivity index (χ4n) is 2.22. The third-order valence-electron chi connectivity index (χ3n) is 3.41. The first-order chi connectivity index (χ1) is 7.35. The van der Waals surface area contributed by atoms with Crippen LogP contribution < -0.4 is 5.32 Å². The van der Waals surface area contributed by atoms with Crippen molar-refractivity contribution in [1.29, 1.82) is 0 Å². The smallest absolute Gasteiger partial charge is 0.0448 e. The number of aliphatic hydroxyl groups is 1. The van der Waals surface area contributed by atoms with Gasteiger partial charge in [0, 0.05) is 18.7 Å². The Kier molecular flexibility index (Phi) is 3.39. The van der Waals surface area contributed by atoms with Crippen LogP contribution in [-0.2, 0) is 6.54 Å². The Balaban J connectivity index is 1.86. The van der Waals surface area contributed by atoms with Crippen molar-refractivity contribution < 1.29 is 5.11 Å². The van der Waals surface area contributed by atoms with E-state index in [-0.39, 0.29) is 5.54 Å². The molecule has 1 saturated carbocycles. The summed E-state index contributed by atoms with van der Waals surface area (Å²) in [6.07, 6.45) is 4.60. The highest BCUT2D eigenvalue weighted by molar-refractivity contribution is 5.15. The molecule has 82 valence electrons. The molecule has 2 rings (SSSR count). The van der Waals surface area contributed by atoms with E-state index in [9.17, 15) is 0 Å². The molecule has 1 aromatic carbocycles. The zero-order valence-electron chi connectivity index (χ0n) is 9.08. The van der Waals surface area contributed by atoms with Gasteiger partial charge in [0.25, 0.3) is 0 Å². The lowest BCUT2D eigenvalue weighted by Crippen LogP contribution is -2.51. The molecule has 15 heavy (non-hydrogen) atoms. The fraction of sp³-hybridized carbons (Fsp3) is 0.538. The minimum atomic E-state index is 0.227. The molecule has 2 N–H and O–H groups in total. The van der Waals surface area contributed by atoms with Crippen molar-refractivity contribution in [3.05, 3.63) is 35.9 Å². The molecule has 0 saturated heterocycles. The summed E-state index contributed by atoms with van der Waals surface area (Å²) in [7, 11) is 0. The Morgan fingerprint density at radius 2 is 1.93 bits per heavy atom. The standard InChI is InChI=1S/C13H19NO/c15-10-9-13(7-4-8-13)14-11-12-5-2-1-3-6-12/h1-3,5-6,14-15H,4,7-11H2. The SMILES string of the molecule is OCCC1(NCc2ccccc2)CCC1. The molecule has 1 aromatic rings. The van der Waals surface area contributed by atoms with E-state index in [1.54, 1.807) is 0 Å². The quantitative estimate of drug-likeness (QED) is 0.771. The van der Waals surface area contributed by atoms with Gasteiger partial charge in [-0.1, -0.05) is 30.3 Å². The second kappa shape index (κ2) is 4.77. The topological polar surface area (TPSA) is 32.3 Å². The monoisotopic (exact) mass is 205 g/mol. The van der Waals surface area contributed by atoms with Crippen molar-refractivity contribution in [2.24, 2.45) is 0 Å². The van der Waals surface area contributed by atoms with Crippen LogP contribution in [0.5, 0.6) is 0 Å². The highest BCUT2D eigenvalue weighted by atomic mass is 16.3. The molecule has 2 nitrogen and oxygen atoms in total. The summed E-state index contributed by atoms with van der Waals surface area (Å²) in [5.41, 5.74) is 1.55. The summed E-state index contributed by atoms with van der Waals surface area (Å²) in [6.45, 7) is 1.21. The van der Waals surface area contributed by atoms with Gasteiger partial charge in [-0.05, 0) is 31.2 Å². The third kappa shape index (κ3) is 2.58. The average Bonchev–Trinajstić information content (AvgIpc) is 2.23. The highest BCUT2D eigenvalue weighted by Gasteiger charge is 2.35. The molecule has 0 aromatic heterocycles. The minimum Gasteiger partial charge on any atom is -0.396 e. The van der Waals surface area contributed by atoms with Crippen LogP contribution in [0.3, 0.4) is 0 Å². The molecule has 0 spiro atoms. The maximum Gasteiger partial charge on any atom is 0.0448 e. The zero-order valence-corrected chi connectivity index (χ0v) is 9.08. The highest BCUT2D eigenvalue weighted by Crippen LogP contribution is 2.34. The van der Waals surface area contributed by atoms with Crippen LogP contribution in [0.1, 0.15) is 31.2 Å². The lowest BCUT2D eigenvalue weighted by Gasteiger charge is -2.42. The van der Waals surface area contributed by atoms with Crippen molar-refractivity contribution in [2.45, 2.75) is 37.8 Å². The first-order valence-electron chi connectivity index (χ1n) is 5.74. The van der Waals surface area contributed by atoms with Crippen molar-refractivity contribution in [3.63, 3.8) is 0 Å². The van der Waals surface area contributed by atoms with Gasteiger partial charge in [0.2, 0.25) is 0 Å². The molecule has 0 radical (unpaired) electrons. The largest absolute Gasteiger partial charge is 0.396 e. The first-order valence-corrected chi connectivity index (χ1v) is 5.74. The molecule has 1 aliphatic rings. The zero-order chi connectivity index (χ0) is 10.6. The van der Waals surface area contributed by atoms with Gasteiger partial charge in [-0.15, -0.1) is 0 Å². The first kappa shape index (κ1) is 10.7. The normalized spacial score (nSPS) is 18.5. The van der Waals surface area contributed by atoms with Gasteiger partial charge in [0.15, 0.2) is 0 Å². The fourth-order valence-corrected chi connectivity index (χ4v) is 2.22. The van der Waals surface area contributed by atoms with E-state index in [4.69, 9.17) is 5.11 Å². The Morgan fingerprint density at radius 3 is 2.47 bits per heavy atom. The summed E-state index contributed by atoms with van der Waals surface area (Å²) >= 11 is 0. The summed E-state index contributed by atoms with van der Waals surface area (Å²) in [5, 5.41) is 12.6. The summed E-state index contributed by atoms with van der Waals surface area (Å²) in [4.78, 5) is 0. The van der Waals surface area contributed by atoms with E-state index in [2.05, 4.69) is 29.6 Å². The lowest BCUT2D eigenvalue weighted by molar-refractivity contribution is 0.130. The van der Waals surface area contributed by atoms with Crippen molar-refractivity contribution in [3.8, 4) is 0 Å². The van der Waals surface area contributed by atoms with Gasteiger partial charge >= 0.3 is 0 Å². The van der Waals surface area contributed by atoms with Crippen molar-refractivity contribution in [2.75, 3.05) is 6.61 Å². The maximum atomic E-state index is 9.02. The average molecular weight is 205 g/mol. The molecule has 0 aliphatic heterocycles. The molecule has 0 bridgehead atoms. The number of hydrogen-bond donors (Lipinski definition) is 2. The predicted octanol–water partition coefficient (Wildman–Crippen LogP) is 2.08. The maximum absolute atomic E-state index is 9.02. The van der Waals surface area contributed by atoms with Gasteiger partial charge < -0.3 is 10.4 Å². The third-order valence-corrected chi connectivity index (χ3v) is 3.41. The summed E-state index contributed by atoms with van der Waals surface area (Å²) in [6, 6.07) is 10.4. The second-order valence-electron chi connectivity index (χ2n) is 4.45. The van der Waals surface area contributed by atoms with E-state index in [1.165, 1.54) is 24.8 Å². The Morgan fingerprint density at radius 1 is 1.20 bits per heavy atom. The summed E-state index contributed by atoms with van der Waals surface area (Å²) in [5.74, 6) is 0. The van der Waals surface area contributed by atoms with Gasteiger partial charge in [-0.2, -0.15) is 0 Å². The molecule has 2 heteroatoms. The molecule has 0 atom stereocenters. The molecular formula is C13H19NO. The van der Waals surface area contributed by atoms with E-state index in [1.807, 2.05) is 6.07 Å². The molecule has 1 fully saturated rings. The molecular weight excluding hydrogens is 186 g/mol. The number of hydrogen-bond acceptors (Lipinski definition) is 2.